The zero-order valence-electron chi connectivity index (χ0n) is 12.3. The molecule has 1 aliphatic rings. The lowest BCUT2D eigenvalue weighted by Gasteiger charge is -2.43. The van der Waals surface area contributed by atoms with Gasteiger partial charge < -0.3 is 15.3 Å². The fourth-order valence-electron chi connectivity index (χ4n) is 3.03. The van der Waals surface area contributed by atoms with E-state index >= 15 is 0 Å². The highest BCUT2D eigenvalue weighted by atomic mass is 32.1. The first-order valence-corrected chi connectivity index (χ1v) is 8.17. The van der Waals surface area contributed by atoms with E-state index in [1.807, 2.05) is 17.5 Å². The second-order valence-corrected chi connectivity index (χ2v) is 6.68. The maximum Gasteiger partial charge on any atom is 0.317 e. The third-order valence-electron chi connectivity index (χ3n) is 4.27. The van der Waals surface area contributed by atoms with E-state index in [1.54, 1.807) is 23.3 Å². The summed E-state index contributed by atoms with van der Waals surface area (Å²) >= 11 is 1.59. The van der Waals surface area contributed by atoms with Crippen LogP contribution in [0, 0.1) is 0 Å². The minimum atomic E-state index is -0.838. The molecule has 6 heteroatoms. The van der Waals surface area contributed by atoms with Crippen molar-refractivity contribution in [1.82, 2.24) is 10.2 Å². The lowest BCUT2D eigenvalue weighted by Crippen LogP contribution is -2.54. The Kier molecular flexibility index (Phi) is 5.22. The Balaban J connectivity index is 2.00. The standard InChI is InChI=1S/C15H22N2O3S/c1-17(14(20)16-11-12-6-5-9-21-12)15(10-13(18)19)7-3-2-4-8-15/h5-6,9H,2-4,7-8,10-11H2,1H3,(H,16,20)(H,18,19). The molecular formula is C15H22N2O3S. The van der Waals surface area contributed by atoms with Crippen LogP contribution in [0.15, 0.2) is 17.5 Å². The van der Waals surface area contributed by atoms with Crippen molar-refractivity contribution >= 4 is 23.3 Å². The molecule has 0 saturated heterocycles. The van der Waals surface area contributed by atoms with Gasteiger partial charge in [-0.1, -0.05) is 25.3 Å². The van der Waals surface area contributed by atoms with Crippen molar-refractivity contribution in [2.24, 2.45) is 0 Å². The molecular weight excluding hydrogens is 288 g/mol. The number of thiophene rings is 1. The van der Waals surface area contributed by atoms with Crippen molar-refractivity contribution in [3.8, 4) is 0 Å². The smallest absolute Gasteiger partial charge is 0.317 e. The van der Waals surface area contributed by atoms with Crippen molar-refractivity contribution in [3.05, 3.63) is 22.4 Å². The van der Waals surface area contributed by atoms with Gasteiger partial charge in [-0.3, -0.25) is 4.79 Å². The first-order chi connectivity index (χ1) is 10.0. The summed E-state index contributed by atoms with van der Waals surface area (Å²) in [5.74, 6) is -0.838. The van der Waals surface area contributed by atoms with Crippen LogP contribution >= 0.6 is 11.3 Å². The van der Waals surface area contributed by atoms with Gasteiger partial charge in [-0.25, -0.2) is 4.79 Å². The molecule has 1 aromatic rings. The Morgan fingerprint density at radius 1 is 1.38 bits per heavy atom. The number of carboxylic acids is 1. The monoisotopic (exact) mass is 310 g/mol. The van der Waals surface area contributed by atoms with Crippen LogP contribution in [0.5, 0.6) is 0 Å². The molecule has 2 amide bonds. The molecule has 1 aromatic heterocycles. The molecule has 1 aliphatic carbocycles. The van der Waals surface area contributed by atoms with Crippen LogP contribution in [0.25, 0.3) is 0 Å². The molecule has 0 spiro atoms. The minimum Gasteiger partial charge on any atom is -0.481 e. The number of nitrogens with zero attached hydrogens (tertiary/aromatic N) is 1. The van der Waals surface area contributed by atoms with Gasteiger partial charge in [0.25, 0.3) is 0 Å². The predicted octanol–water partition coefficient (Wildman–Crippen LogP) is 3.07. The van der Waals surface area contributed by atoms with E-state index in [0.29, 0.717) is 6.54 Å². The van der Waals surface area contributed by atoms with E-state index in [9.17, 15) is 14.7 Å². The quantitative estimate of drug-likeness (QED) is 0.878. The summed E-state index contributed by atoms with van der Waals surface area (Å²) in [5.41, 5.74) is -0.538. The molecule has 1 fully saturated rings. The van der Waals surface area contributed by atoms with Gasteiger partial charge in [0.2, 0.25) is 0 Å². The zero-order chi connectivity index (χ0) is 15.3. The highest BCUT2D eigenvalue weighted by molar-refractivity contribution is 7.09. The summed E-state index contributed by atoms with van der Waals surface area (Å²) in [5, 5.41) is 14.0. The van der Waals surface area contributed by atoms with Crippen molar-refractivity contribution in [2.75, 3.05) is 7.05 Å². The molecule has 0 aliphatic heterocycles. The highest BCUT2D eigenvalue weighted by Crippen LogP contribution is 2.35. The lowest BCUT2D eigenvalue weighted by molar-refractivity contribution is -0.140. The summed E-state index contributed by atoms with van der Waals surface area (Å²) in [7, 11) is 1.72. The summed E-state index contributed by atoms with van der Waals surface area (Å²) in [6, 6.07) is 3.73. The second kappa shape index (κ2) is 6.93. The number of hydrogen-bond donors (Lipinski definition) is 2. The number of carbonyl (C=O) groups excluding carboxylic acids is 1. The Hall–Kier alpha value is -1.56. The van der Waals surface area contributed by atoms with Gasteiger partial charge in [0.05, 0.1) is 18.5 Å². The van der Waals surface area contributed by atoms with Crippen LogP contribution in [-0.2, 0) is 11.3 Å². The van der Waals surface area contributed by atoms with E-state index in [-0.39, 0.29) is 12.5 Å². The predicted molar refractivity (Wildman–Crippen MR) is 82.4 cm³/mol. The SMILES string of the molecule is CN(C(=O)NCc1cccs1)C1(CC(=O)O)CCCCC1. The molecule has 0 radical (unpaired) electrons. The van der Waals surface area contributed by atoms with E-state index in [0.717, 1.165) is 37.0 Å². The van der Waals surface area contributed by atoms with E-state index < -0.39 is 11.5 Å². The van der Waals surface area contributed by atoms with Gasteiger partial charge in [-0.2, -0.15) is 0 Å². The molecule has 21 heavy (non-hydrogen) atoms. The molecule has 0 atom stereocenters. The topological polar surface area (TPSA) is 69.6 Å². The number of amides is 2. The van der Waals surface area contributed by atoms with Gasteiger partial charge in [0.1, 0.15) is 0 Å². The normalized spacial score (nSPS) is 17.2. The first-order valence-electron chi connectivity index (χ1n) is 7.29. The number of urea groups is 1. The third-order valence-corrected chi connectivity index (χ3v) is 5.15. The van der Waals surface area contributed by atoms with Crippen LogP contribution in [0.3, 0.4) is 0 Å². The van der Waals surface area contributed by atoms with Gasteiger partial charge >= 0.3 is 12.0 Å². The van der Waals surface area contributed by atoms with Crippen LogP contribution in [-0.4, -0.2) is 34.6 Å². The number of carboxylic acid groups (broad SMARTS) is 1. The summed E-state index contributed by atoms with van der Waals surface area (Å²) in [4.78, 5) is 26.2. The van der Waals surface area contributed by atoms with Gasteiger partial charge in [-0.05, 0) is 24.3 Å². The van der Waals surface area contributed by atoms with Crippen molar-refractivity contribution < 1.29 is 14.7 Å². The highest BCUT2D eigenvalue weighted by Gasteiger charge is 2.40. The summed E-state index contributed by atoms with van der Waals surface area (Å²) in [6.45, 7) is 0.490. The van der Waals surface area contributed by atoms with Crippen LogP contribution in [0.2, 0.25) is 0 Å². The molecule has 116 valence electrons. The molecule has 2 rings (SSSR count). The summed E-state index contributed by atoms with van der Waals surface area (Å²) < 4.78 is 0. The fraction of sp³-hybridized carbons (Fsp3) is 0.600. The van der Waals surface area contributed by atoms with E-state index in [4.69, 9.17) is 0 Å². The molecule has 5 nitrogen and oxygen atoms in total. The number of carbonyl (C=O) groups is 2. The first kappa shape index (κ1) is 15.8. The van der Waals surface area contributed by atoms with Gasteiger partial charge in [0, 0.05) is 11.9 Å². The Morgan fingerprint density at radius 3 is 2.67 bits per heavy atom. The zero-order valence-corrected chi connectivity index (χ0v) is 13.1. The Labute approximate surface area is 129 Å². The molecule has 0 aromatic carbocycles. The van der Waals surface area contributed by atoms with Gasteiger partial charge in [-0.15, -0.1) is 11.3 Å². The van der Waals surface area contributed by atoms with E-state index in [1.165, 1.54) is 0 Å². The molecule has 0 bridgehead atoms. The molecule has 1 saturated carbocycles. The number of aliphatic carboxylic acids is 1. The molecule has 0 unspecified atom stereocenters. The number of nitrogens with one attached hydrogen (secondary N) is 1. The Morgan fingerprint density at radius 2 is 2.10 bits per heavy atom. The molecule has 1 heterocycles. The largest absolute Gasteiger partial charge is 0.481 e. The van der Waals surface area contributed by atoms with Crippen molar-refractivity contribution in [2.45, 2.75) is 50.6 Å². The van der Waals surface area contributed by atoms with Crippen LogP contribution in [0.1, 0.15) is 43.4 Å². The maximum absolute atomic E-state index is 12.4. The van der Waals surface area contributed by atoms with E-state index in [2.05, 4.69) is 5.32 Å². The fourth-order valence-corrected chi connectivity index (χ4v) is 3.68. The Bertz CT molecular complexity index is 481. The summed E-state index contributed by atoms with van der Waals surface area (Å²) in [6.07, 6.45) is 4.64. The van der Waals surface area contributed by atoms with Crippen molar-refractivity contribution in [1.29, 1.82) is 0 Å². The number of hydrogen-bond acceptors (Lipinski definition) is 3. The maximum atomic E-state index is 12.4. The van der Waals surface area contributed by atoms with Gasteiger partial charge in [0.15, 0.2) is 0 Å². The lowest BCUT2D eigenvalue weighted by atomic mass is 9.78. The van der Waals surface area contributed by atoms with Crippen LogP contribution in [0.4, 0.5) is 4.79 Å². The second-order valence-electron chi connectivity index (χ2n) is 5.65. The molecule has 2 N–H and O–H groups in total. The minimum absolute atomic E-state index is 0.0237. The number of rotatable bonds is 5. The van der Waals surface area contributed by atoms with Crippen LogP contribution < -0.4 is 5.32 Å². The average molecular weight is 310 g/mol. The third kappa shape index (κ3) is 3.97. The average Bonchev–Trinajstić information content (AvgIpc) is 2.97. The van der Waals surface area contributed by atoms with Crippen molar-refractivity contribution in [3.63, 3.8) is 0 Å².